The summed E-state index contributed by atoms with van der Waals surface area (Å²) in [6, 6.07) is 0. The topological polar surface area (TPSA) is 74.8 Å². The number of amides is 1. The van der Waals surface area contributed by atoms with Crippen LogP contribution < -0.4 is 16.0 Å². The number of guanidine groups is 1. The maximum Gasteiger partial charge on any atom is 0.242 e. The SMILES string of the molecule is CCNC(=NCC(=O)NC(C)(C)C)NCC1(CCOCC)CCCC1. The Morgan fingerprint density at radius 3 is 2.40 bits per heavy atom. The zero-order valence-corrected chi connectivity index (χ0v) is 16.8. The van der Waals surface area contributed by atoms with E-state index >= 15 is 0 Å². The van der Waals surface area contributed by atoms with Crippen molar-refractivity contribution in [3.8, 4) is 0 Å². The first kappa shape index (κ1) is 21.7. The highest BCUT2D eigenvalue weighted by molar-refractivity contribution is 5.85. The normalized spacial score (nSPS) is 17.4. The number of hydrogen-bond acceptors (Lipinski definition) is 3. The highest BCUT2D eigenvalue weighted by Gasteiger charge is 2.33. The van der Waals surface area contributed by atoms with Gasteiger partial charge in [0.05, 0.1) is 0 Å². The molecule has 3 N–H and O–H groups in total. The zero-order chi connectivity index (χ0) is 18.8. The largest absolute Gasteiger partial charge is 0.382 e. The lowest BCUT2D eigenvalue weighted by Gasteiger charge is -2.30. The molecule has 0 spiro atoms. The number of nitrogens with one attached hydrogen (secondary N) is 3. The molecule has 0 heterocycles. The molecule has 0 bridgehead atoms. The van der Waals surface area contributed by atoms with Crippen molar-refractivity contribution in [2.24, 2.45) is 10.4 Å². The Morgan fingerprint density at radius 1 is 1.16 bits per heavy atom. The van der Waals surface area contributed by atoms with Crippen molar-refractivity contribution in [1.29, 1.82) is 0 Å². The molecule has 0 atom stereocenters. The summed E-state index contributed by atoms with van der Waals surface area (Å²) in [6.07, 6.45) is 6.12. The number of ether oxygens (including phenoxy) is 1. The highest BCUT2D eigenvalue weighted by atomic mass is 16.5. The van der Waals surface area contributed by atoms with Gasteiger partial charge >= 0.3 is 0 Å². The summed E-state index contributed by atoms with van der Waals surface area (Å²) in [5.41, 5.74) is 0.0601. The van der Waals surface area contributed by atoms with Crippen molar-refractivity contribution in [2.75, 3.05) is 32.8 Å². The predicted molar refractivity (Wildman–Crippen MR) is 104 cm³/mol. The summed E-state index contributed by atoms with van der Waals surface area (Å²) >= 11 is 0. The number of aliphatic imine (C=N–C) groups is 1. The van der Waals surface area contributed by atoms with Crippen LogP contribution in [0.5, 0.6) is 0 Å². The van der Waals surface area contributed by atoms with Crippen LogP contribution in [0, 0.1) is 5.41 Å². The summed E-state index contributed by atoms with van der Waals surface area (Å²) in [5.74, 6) is 0.658. The van der Waals surface area contributed by atoms with Gasteiger partial charge in [0.25, 0.3) is 0 Å². The number of rotatable bonds is 9. The third-order valence-electron chi connectivity index (χ3n) is 4.52. The summed E-state index contributed by atoms with van der Waals surface area (Å²) in [6.45, 7) is 13.4. The molecule has 6 heteroatoms. The van der Waals surface area contributed by atoms with Crippen LogP contribution in [-0.2, 0) is 9.53 Å². The molecule has 0 aliphatic heterocycles. The molecule has 0 saturated heterocycles. The molecule has 1 saturated carbocycles. The molecule has 1 fully saturated rings. The Labute approximate surface area is 153 Å². The molecular weight excluding hydrogens is 316 g/mol. The van der Waals surface area contributed by atoms with Gasteiger partial charge in [0.2, 0.25) is 5.91 Å². The van der Waals surface area contributed by atoms with Gasteiger partial charge in [-0.25, -0.2) is 4.99 Å². The van der Waals surface area contributed by atoms with Crippen LogP contribution in [0.4, 0.5) is 0 Å². The predicted octanol–water partition coefficient (Wildman–Crippen LogP) is 2.44. The highest BCUT2D eigenvalue weighted by Crippen LogP contribution is 2.40. The fourth-order valence-corrected chi connectivity index (χ4v) is 3.29. The van der Waals surface area contributed by atoms with Gasteiger partial charge in [0, 0.05) is 31.8 Å². The summed E-state index contributed by atoms with van der Waals surface area (Å²) in [5, 5.41) is 9.63. The first-order valence-corrected chi connectivity index (χ1v) is 9.71. The van der Waals surface area contributed by atoms with Crippen LogP contribution in [0.2, 0.25) is 0 Å². The number of hydrogen-bond donors (Lipinski definition) is 3. The molecule has 25 heavy (non-hydrogen) atoms. The van der Waals surface area contributed by atoms with E-state index in [0.717, 1.165) is 32.7 Å². The van der Waals surface area contributed by atoms with Crippen LogP contribution in [0.15, 0.2) is 4.99 Å². The van der Waals surface area contributed by atoms with Crippen LogP contribution in [-0.4, -0.2) is 50.3 Å². The number of carbonyl (C=O) groups is 1. The maximum atomic E-state index is 12.0. The van der Waals surface area contributed by atoms with Crippen molar-refractivity contribution in [3.63, 3.8) is 0 Å². The second-order valence-corrected chi connectivity index (χ2v) is 8.00. The van der Waals surface area contributed by atoms with Gasteiger partial charge in [-0.1, -0.05) is 12.8 Å². The molecule has 0 unspecified atom stereocenters. The Bertz CT molecular complexity index is 424. The molecule has 0 aromatic carbocycles. The van der Waals surface area contributed by atoms with E-state index < -0.39 is 0 Å². The Kier molecular flexibility index (Phi) is 9.25. The fraction of sp³-hybridized carbons (Fsp3) is 0.895. The second kappa shape index (κ2) is 10.6. The van der Waals surface area contributed by atoms with E-state index in [9.17, 15) is 4.79 Å². The Hall–Kier alpha value is -1.30. The maximum absolute atomic E-state index is 12.0. The lowest BCUT2D eigenvalue weighted by Crippen LogP contribution is -2.45. The molecule has 1 aliphatic carbocycles. The number of carbonyl (C=O) groups excluding carboxylic acids is 1. The Balaban J connectivity index is 2.57. The number of nitrogens with zero attached hydrogens (tertiary/aromatic N) is 1. The van der Waals surface area contributed by atoms with E-state index in [-0.39, 0.29) is 18.0 Å². The van der Waals surface area contributed by atoms with E-state index in [1.54, 1.807) is 0 Å². The minimum atomic E-state index is -0.231. The van der Waals surface area contributed by atoms with Crippen molar-refractivity contribution < 1.29 is 9.53 Å². The van der Waals surface area contributed by atoms with E-state index in [1.807, 2.05) is 34.6 Å². The van der Waals surface area contributed by atoms with Crippen molar-refractivity contribution in [2.45, 2.75) is 72.3 Å². The van der Waals surface area contributed by atoms with E-state index in [4.69, 9.17) is 4.74 Å². The third kappa shape index (κ3) is 9.10. The lowest BCUT2D eigenvalue weighted by molar-refractivity contribution is -0.121. The van der Waals surface area contributed by atoms with E-state index in [2.05, 4.69) is 20.9 Å². The molecule has 146 valence electrons. The van der Waals surface area contributed by atoms with Gasteiger partial charge in [0.15, 0.2) is 5.96 Å². The molecule has 1 aliphatic rings. The van der Waals surface area contributed by atoms with Gasteiger partial charge in [-0.15, -0.1) is 0 Å². The van der Waals surface area contributed by atoms with E-state index in [1.165, 1.54) is 25.7 Å². The summed E-state index contributed by atoms with van der Waals surface area (Å²) in [7, 11) is 0. The van der Waals surface area contributed by atoms with Crippen LogP contribution >= 0.6 is 0 Å². The van der Waals surface area contributed by atoms with Gasteiger partial charge in [-0.2, -0.15) is 0 Å². The first-order chi connectivity index (χ1) is 11.8. The zero-order valence-electron chi connectivity index (χ0n) is 16.8. The minimum Gasteiger partial charge on any atom is -0.382 e. The minimum absolute atomic E-state index is 0.0587. The third-order valence-corrected chi connectivity index (χ3v) is 4.52. The summed E-state index contributed by atoms with van der Waals surface area (Å²) < 4.78 is 5.57. The quantitative estimate of drug-likeness (QED) is 0.338. The second-order valence-electron chi connectivity index (χ2n) is 8.00. The van der Waals surface area contributed by atoms with Gasteiger partial charge in [-0.3, -0.25) is 4.79 Å². The first-order valence-electron chi connectivity index (χ1n) is 9.71. The van der Waals surface area contributed by atoms with Crippen LogP contribution in [0.1, 0.15) is 66.7 Å². The summed E-state index contributed by atoms with van der Waals surface area (Å²) in [4.78, 5) is 16.4. The van der Waals surface area contributed by atoms with Crippen LogP contribution in [0.25, 0.3) is 0 Å². The van der Waals surface area contributed by atoms with Gasteiger partial charge in [-0.05, 0) is 59.3 Å². The molecular formula is C19H38N4O2. The van der Waals surface area contributed by atoms with Crippen molar-refractivity contribution in [1.82, 2.24) is 16.0 Å². The molecule has 0 aromatic heterocycles. The molecule has 6 nitrogen and oxygen atoms in total. The van der Waals surface area contributed by atoms with E-state index in [0.29, 0.717) is 11.4 Å². The molecule has 1 rings (SSSR count). The van der Waals surface area contributed by atoms with Crippen molar-refractivity contribution in [3.05, 3.63) is 0 Å². The smallest absolute Gasteiger partial charge is 0.242 e. The standard InChI is InChI=1S/C19H38N4O2/c1-6-20-17(21-14-16(24)23-18(3,4)5)22-15-19(10-8-9-11-19)12-13-25-7-2/h6-15H2,1-5H3,(H,23,24)(H2,20,21,22). The average Bonchev–Trinajstić information content (AvgIpc) is 2.98. The van der Waals surface area contributed by atoms with Crippen molar-refractivity contribution >= 4 is 11.9 Å². The fourth-order valence-electron chi connectivity index (χ4n) is 3.29. The molecule has 1 amide bonds. The molecule has 0 radical (unpaired) electrons. The van der Waals surface area contributed by atoms with Gasteiger partial charge < -0.3 is 20.7 Å². The molecule has 0 aromatic rings. The van der Waals surface area contributed by atoms with Gasteiger partial charge in [0.1, 0.15) is 6.54 Å². The lowest BCUT2D eigenvalue weighted by atomic mass is 9.83. The monoisotopic (exact) mass is 354 g/mol. The van der Waals surface area contributed by atoms with Crippen LogP contribution in [0.3, 0.4) is 0 Å². The average molecular weight is 355 g/mol. The Morgan fingerprint density at radius 2 is 1.84 bits per heavy atom.